The van der Waals surface area contributed by atoms with Crippen molar-refractivity contribution in [1.82, 2.24) is 4.57 Å². The number of Topliss-reactive ketones (excluding diaryl/α,β-unsaturated/α-hetero) is 1. The molecule has 34 heavy (non-hydrogen) atoms. The minimum Gasteiger partial charge on any atom is -0.488 e. The van der Waals surface area contributed by atoms with Gasteiger partial charge in [0, 0.05) is 40.7 Å². The molecule has 0 bridgehead atoms. The normalized spacial score (nSPS) is 15.3. The van der Waals surface area contributed by atoms with Crippen LogP contribution in [0.1, 0.15) is 50.5 Å². The van der Waals surface area contributed by atoms with Gasteiger partial charge in [-0.15, -0.1) is 0 Å². The third-order valence-electron chi connectivity index (χ3n) is 6.07. The Morgan fingerprint density at radius 1 is 1.09 bits per heavy atom. The monoisotopic (exact) mass is 481 g/mol. The molecular weight excluding hydrogens is 454 g/mol. The fourth-order valence-corrected chi connectivity index (χ4v) is 4.37. The highest BCUT2D eigenvalue weighted by molar-refractivity contribution is 6.31. The molecule has 2 aromatic carbocycles. The molecule has 0 spiro atoms. The number of benzene rings is 2. The van der Waals surface area contributed by atoms with Crippen molar-refractivity contribution in [2.45, 2.75) is 45.9 Å². The number of esters is 1. The van der Waals surface area contributed by atoms with Crippen LogP contribution in [0.2, 0.25) is 5.02 Å². The lowest BCUT2D eigenvalue weighted by Gasteiger charge is -2.15. The maximum Gasteiger partial charge on any atom is 0.342 e. The zero-order chi connectivity index (χ0) is 24.1. The Bertz CT molecular complexity index is 1180. The van der Waals surface area contributed by atoms with Crippen molar-refractivity contribution < 1.29 is 23.8 Å². The number of ketones is 1. The lowest BCUT2D eigenvalue weighted by Crippen LogP contribution is -2.18. The molecule has 6 nitrogen and oxygen atoms in total. The second-order valence-electron chi connectivity index (χ2n) is 8.41. The summed E-state index contributed by atoms with van der Waals surface area (Å²) in [6.07, 6.45) is 2.26. The van der Waals surface area contributed by atoms with Crippen LogP contribution in [0.15, 0.2) is 54.6 Å². The van der Waals surface area contributed by atoms with Crippen LogP contribution in [-0.4, -0.2) is 35.6 Å². The molecule has 178 valence electrons. The minimum absolute atomic E-state index is 0.174. The van der Waals surface area contributed by atoms with Crippen molar-refractivity contribution in [2.75, 3.05) is 13.2 Å². The third kappa shape index (κ3) is 5.51. The van der Waals surface area contributed by atoms with Gasteiger partial charge in [-0.1, -0.05) is 41.9 Å². The number of carbonyl (C=O) groups excluding carboxylic acids is 2. The molecule has 1 atom stereocenters. The van der Waals surface area contributed by atoms with Crippen molar-refractivity contribution >= 4 is 23.4 Å². The molecule has 1 fully saturated rings. The van der Waals surface area contributed by atoms with Crippen molar-refractivity contribution in [2.24, 2.45) is 0 Å². The van der Waals surface area contributed by atoms with E-state index >= 15 is 0 Å². The number of para-hydroxylation sites is 1. The SMILES string of the molecule is Cc1cc(C(=O)COC(=O)c2ccccc2OCc2ccccc2Cl)c(C)n1CC1CCCO1. The Labute approximate surface area is 204 Å². The number of nitrogens with zero attached hydrogens (tertiary/aromatic N) is 1. The molecular formula is C27H28ClNO5. The highest BCUT2D eigenvalue weighted by Crippen LogP contribution is 2.24. The van der Waals surface area contributed by atoms with E-state index in [0.717, 1.165) is 42.9 Å². The van der Waals surface area contributed by atoms with E-state index in [1.54, 1.807) is 30.3 Å². The molecule has 0 aliphatic carbocycles. The summed E-state index contributed by atoms with van der Waals surface area (Å²) in [6.45, 7) is 5.25. The first-order valence-electron chi connectivity index (χ1n) is 11.4. The van der Waals surface area contributed by atoms with E-state index in [1.165, 1.54) is 0 Å². The number of hydrogen-bond acceptors (Lipinski definition) is 5. The number of halogens is 1. The summed E-state index contributed by atoms with van der Waals surface area (Å²) in [5.41, 5.74) is 3.47. The van der Waals surface area contributed by atoms with Gasteiger partial charge in [0.25, 0.3) is 0 Å². The van der Waals surface area contributed by atoms with Crippen LogP contribution in [0, 0.1) is 13.8 Å². The van der Waals surface area contributed by atoms with Gasteiger partial charge < -0.3 is 18.8 Å². The molecule has 0 N–H and O–H groups in total. The Balaban J connectivity index is 1.39. The lowest BCUT2D eigenvalue weighted by molar-refractivity contribution is 0.0470. The third-order valence-corrected chi connectivity index (χ3v) is 6.44. The zero-order valence-electron chi connectivity index (χ0n) is 19.4. The van der Waals surface area contributed by atoms with Gasteiger partial charge in [0.1, 0.15) is 17.9 Å². The Morgan fingerprint density at radius 2 is 1.85 bits per heavy atom. The van der Waals surface area contributed by atoms with Gasteiger partial charge in [-0.2, -0.15) is 0 Å². The first kappa shape index (κ1) is 24.0. The first-order valence-corrected chi connectivity index (χ1v) is 11.8. The number of carbonyl (C=O) groups is 2. The van der Waals surface area contributed by atoms with Gasteiger partial charge in [0.15, 0.2) is 6.61 Å². The fraction of sp³-hybridized carbons (Fsp3) is 0.333. The lowest BCUT2D eigenvalue weighted by atomic mass is 10.1. The second-order valence-corrected chi connectivity index (χ2v) is 8.81. The van der Waals surface area contributed by atoms with Crippen molar-refractivity contribution in [3.63, 3.8) is 0 Å². The van der Waals surface area contributed by atoms with E-state index in [0.29, 0.717) is 16.3 Å². The van der Waals surface area contributed by atoms with Crippen molar-refractivity contribution in [1.29, 1.82) is 0 Å². The Morgan fingerprint density at radius 3 is 2.62 bits per heavy atom. The van der Waals surface area contributed by atoms with Gasteiger partial charge in [-0.25, -0.2) is 4.79 Å². The van der Waals surface area contributed by atoms with Gasteiger partial charge in [0.2, 0.25) is 5.78 Å². The van der Waals surface area contributed by atoms with Gasteiger partial charge in [-0.3, -0.25) is 4.79 Å². The van der Waals surface area contributed by atoms with Gasteiger partial charge in [0.05, 0.1) is 6.10 Å². The summed E-state index contributed by atoms with van der Waals surface area (Å²) in [6, 6.07) is 16.0. The largest absolute Gasteiger partial charge is 0.488 e. The average Bonchev–Trinajstić information content (AvgIpc) is 3.46. The second kappa shape index (κ2) is 10.9. The van der Waals surface area contributed by atoms with Crippen LogP contribution < -0.4 is 4.74 Å². The average molecular weight is 482 g/mol. The highest BCUT2D eigenvalue weighted by atomic mass is 35.5. The first-order chi connectivity index (χ1) is 16.4. The number of aromatic nitrogens is 1. The Kier molecular flexibility index (Phi) is 7.70. The molecule has 4 rings (SSSR count). The summed E-state index contributed by atoms with van der Waals surface area (Å²) in [7, 11) is 0. The quantitative estimate of drug-likeness (QED) is 0.296. The smallest absolute Gasteiger partial charge is 0.342 e. The fourth-order valence-electron chi connectivity index (χ4n) is 4.18. The Hall–Kier alpha value is -3.09. The van der Waals surface area contributed by atoms with E-state index in [-0.39, 0.29) is 30.7 Å². The molecule has 0 saturated carbocycles. The van der Waals surface area contributed by atoms with E-state index < -0.39 is 5.97 Å². The van der Waals surface area contributed by atoms with Gasteiger partial charge >= 0.3 is 5.97 Å². The van der Waals surface area contributed by atoms with Crippen LogP contribution in [0.5, 0.6) is 5.75 Å². The summed E-state index contributed by atoms with van der Waals surface area (Å²) in [5, 5.41) is 0.588. The van der Waals surface area contributed by atoms with Crippen LogP contribution in [-0.2, 0) is 22.6 Å². The highest BCUT2D eigenvalue weighted by Gasteiger charge is 2.22. The van der Waals surface area contributed by atoms with E-state index in [9.17, 15) is 9.59 Å². The number of hydrogen-bond donors (Lipinski definition) is 0. The molecule has 7 heteroatoms. The van der Waals surface area contributed by atoms with Crippen LogP contribution >= 0.6 is 11.6 Å². The van der Waals surface area contributed by atoms with Crippen LogP contribution in [0.4, 0.5) is 0 Å². The molecule has 0 radical (unpaired) electrons. The number of ether oxygens (including phenoxy) is 3. The zero-order valence-corrected chi connectivity index (χ0v) is 20.1. The van der Waals surface area contributed by atoms with E-state index in [1.807, 2.05) is 38.1 Å². The predicted octanol–water partition coefficient (Wildman–Crippen LogP) is 5.56. The summed E-state index contributed by atoms with van der Waals surface area (Å²) < 4.78 is 19.0. The molecule has 0 amide bonds. The van der Waals surface area contributed by atoms with E-state index in [4.69, 9.17) is 25.8 Å². The number of rotatable bonds is 9. The summed E-state index contributed by atoms with van der Waals surface area (Å²) in [5.74, 6) is -0.486. The molecule has 1 aliphatic rings. The molecule has 1 unspecified atom stereocenters. The van der Waals surface area contributed by atoms with Crippen LogP contribution in [0.3, 0.4) is 0 Å². The molecule has 1 aromatic heterocycles. The molecule has 2 heterocycles. The predicted molar refractivity (Wildman–Crippen MR) is 130 cm³/mol. The number of aryl methyl sites for hydroxylation is 1. The topological polar surface area (TPSA) is 66.8 Å². The van der Waals surface area contributed by atoms with Crippen molar-refractivity contribution in [3.8, 4) is 5.75 Å². The molecule has 3 aromatic rings. The van der Waals surface area contributed by atoms with Crippen molar-refractivity contribution in [3.05, 3.63) is 87.7 Å². The molecule has 1 saturated heterocycles. The van der Waals surface area contributed by atoms with E-state index in [2.05, 4.69) is 4.57 Å². The van der Waals surface area contributed by atoms with Crippen LogP contribution in [0.25, 0.3) is 0 Å². The molecule has 1 aliphatic heterocycles. The summed E-state index contributed by atoms with van der Waals surface area (Å²) >= 11 is 6.19. The van der Waals surface area contributed by atoms with Gasteiger partial charge in [-0.05, 0) is 51.0 Å². The summed E-state index contributed by atoms with van der Waals surface area (Å²) in [4.78, 5) is 25.6. The maximum atomic E-state index is 12.9. The maximum absolute atomic E-state index is 12.9. The standard InChI is InChI=1S/C27H28ClNO5/c1-18-14-23(19(2)29(18)15-21-9-7-13-32-21)25(30)17-34-27(31)22-10-4-6-12-26(22)33-16-20-8-3-5-11-24(20)28/h3-6,8,10-12,14,21H,7,9,13,15-17H2,1-2H3. The minimum atomic E-state index is -0.615.